The zero-order valence-electron chi connectivity index (χ0n) is 12.9. The number of oxazole rings is 1. The van der Waals surface area contributed by atoms with Crippen molar-refractivity contribution in [2.45, 2.75) is 33.7 Å². The Kier molecular flexibility index (Phi) is 3.42. The third-order valence-corrected chi connectivity index (χ3v) is 3.91. The molecule has 3 heteroatoms. The second-order valence-electron chi connectivity index (χ2n) is 5.63. The molecule has 2 aromatic carbocycles. The summed E-state index contributed by atoms with van der Waals surface area (Å²) in [7, 11) is 0. The van der Waals surface area contributed by atoms with E-state index >= 15 is 0 Å². The van der Waals surface area contributed by atoms with Crippen LogP contribution >= 0.6 is 0 Å². The Morgan fingerprint density at radius 2 is 1.81 bits per heavy atom. The molecule has 0 bridgehead atoms. The molecule has 0 aliphatic heterocycles. The van der Waals surface area contributed by atoms with E-state index < -0.39 is 0 Å². The number of aromatic nitrogens is 1. The van der Waals surface area contributed by atoms with Gasteiger partial charge < -0.3 is 9.73 Å². The lowest BCUT2D eigenvalue weighted by atomic mass is 10.0. The SMILES string of the molecule is Cc1nc2cc(NC(C)c3ccc(C)c(C)c3)ccc2o1. The van der Waals surface area contributed by atoms with E-state index in [0.29, 0.717) is 5.89 Å². The lowest BCUT2D eigenvalue weighted by Gasteiger charge is -2.17. The van der Waals surface area contributed by atoms with Gasteiger partial charge in [0.1, 0.15) is 5.52 Å². The van der Waals surface area contributed by atoms with E-state index in [1.165, 1.54) is 16.7 Å². The first-order valence-corrected chi connectivity index (χ1v) is 7.24. The molecule has 0 aliphatic rings. The van der Waals surface area contributed by atoms with Crippen molar-refractivity contribution in [1.29, 1.82) is 0 Å². The third kappa shape index (κ3) is 2.77. The normalized spacial score (nSPS) is 12.6. The number of rotatable bonds is 3. The highest BCUT2D eigenvalue weighted by Crippen LogP contribution is 2.24. The number of hydrogen-bond acceptors (Lipinski definition) is 3. The van der Waals surface area contributed by atoms with Gasteiger partial charge in [-0.2, -0.15) is 0 Å². The number of fused-ring (bicyclic) bond motifs is 1. The van der Waals surface area contributed by atoms with E-state index in [1.54, 1.807) is 0 Å². The van der Waals surface area contributed by atoms with Crippen molar-refractivity contribution in [3.8, 4) is 0 Å². The molecule has 0 fully saturated rings. The van der Waals surface area contributed by atoms with Gasteiger partial charge in [-0.25, -0.2) is 4.98 Å². The zero-order chi connectivity index (χ0) is 15.0. The third-order valence-electron chi connectivity index (χ3n) is 3.91. The zero-order valence-corrected chi connectivity index (χ0v) is 12.9. The van der Waals surface area contributed by atoms with Gasteiger partial charge in [-0.3, -0.25) is 0 Å². The van der Waals surface area contributed by atoms with Gasteiger partial charge in [-0.05, 0) is 55.7 Å². The predicted octanol–water partition coefficient (Wildman–Crippen LogP) is 4.93. The molecule has 3 nitrogen and oxygen atoms in total. The fourth-order valence-electron chi connectivity index (χ4n) is 2.50. The van der Waals surface area contributed by atoms with Gasteiger partial charge in [0, 0.05) is 18.7 Å². The van der Waals surface area contributed by atoms with Gasteiger partial charge in [0.15, 0.2) is 11.5 Å². The Labute approximate surface area is 125 Å². The molecule has 3 aromatic rings. The van der Waals surface area contributed by atoms with Crippen LogP contribution in [0.3, 0.4) is 0 Å². The lowest BCUT2D eigenvalue weighted by Crippen LogP contribution is -2.06. The molecule has 108 valence electrons. The van der Waals surface area contributed by atoms with Crippen LogP contribution < -0.4 is 5.32 Å². The minimum absolute atomic E-state index is 0.245. The average Bonchev–Trinajstić information content (AvgIpc) is 2.81. The van der Waals surface area contributed by atoms with Gasteiger partial charge in [-0.15, -0.1) is 0 Å². The molecular weight excluding hydrogens is 260 g/mol. The maximum Gasteiger partial charge on any atom is 0.192 e. The van der Waals surface area contributed by atoms with Crippen LogP contribution in [0.1, 0.15) is 35.5 Å². The number of benzene rings is 2. The quantitative estimate of drug-likeness (QED) is 0.739. The van der Waals surface area contributed by atoms with E-state index in [-0.39, 0.29) is 6.04 Å². The Balaban J connectivity index is 1.84. The first kappa shape index (κ1) is 13.7. The minimum atomic E-state index is 0.245. The van der Waals surface area contributed by atoms with Crippen molar-refractivity contribution in [3.05, 3.63) is 59.0 Å². The smallest absolute Gasteiger partial charge is 0.192 e. The van der Waals surface area contributed by atoms with Gasteiger partial charge in [-0.1, -0.05) is 18.2 Å². The molecule has 1 unspecified atom stereocenters. The average molecular weight is 280 g/mol. The van der Waals surface area contributed by atoms with E-state index in [1.807, 2.05) is 25.1 Å². The summed E-state index contributed by atoms with van der Waals surface area (Å²) in [5.41, 5.74) is 6.71. The van der Waals surface area contributed by atoms with Crippen LogP contribution in [-0.2, 0) is 0 Å². The Bertz CT molecular complexity index is 789. The summed E-state index contributed by atoms with van der Waals surface area (Å²) in [6, 6.07) is 12.9. The lowest BCUT2D eigenvalue weighted by molar-refractivity contribution is 0.561. The highest BCUT2D eigenvalue weighted by molar-refractivity contribution is 5.77. The van der Waals surface area contributed by atoms with Gasteiger partial charge in [0.2, 0.25) is 0 Å². The summed E-state index contributed by atoms with van der Waals surface area (Å²) < 4.78 is 5.50. The minimum Gasteiger partial charge on any atom is -0.441 e. The fourth-order valence-corrected chi connectivity index (χ4v) is 2.50. The number of nitrogens with one attached hydrogen (secondary N) is 1. The molecule has 0 aliphatic carbocycles. The first-order chi connectivity index (χ1) is 10.0. The Hall–Kier alpha value is -2.29. The summed E-state index contributed by atoms with van der Waals surface area (Å²) in [4.78, 5) is 4.37. The molecule has 1 atom stereocenters. The summed E-state index contributed by atoms with van der Waals surface area (Å²) in [6.45, 7) is 8.32. The highest BCUT2D eigenvalue weighted by atomic mass is 16.3. The van der Waals surface area contributed by atoms with Gasteiger partial charge in [0.05, 0.1) is 0 Å². The van der Waals surface area contributed by atoms with Gasteiger partial charge in [0.25, 0.3) is 0 Å². The number of anilines is 1. The van der Waals surface area contributed by atoms with E-state index in [9.17, 15) is 0 Å². The van der Waals surface area contributed by atoms with Crippen LogP contribution in [0.15, 0.2) is 40.8 Å². The van der Waals surface area contributed by atoms with Crippen LogP contribution in [-0.4, -0.2) is 4.98 Å². The van der Waals surface area contributed by atoms with Crippen molar-refractivity contribution < 1.29 is 4.42 Å². The molecule has 1 heterocycles. The number of nitrogens with zero attached hydrogens (tertiary/aromatic N) is 1. The Morgan fingerprint density at radius 3 is 2.57 bits per heavy atom. The second-order valence-corrected chi connectivity index (χ2v) is 5.63. The first-order valence-electron chi connectivity index (χ1n) is 7.24. The van der Waals surface area contributed by atoms with E-state index in [4.69, 9.17) is 4.42 Å². The molecule has 3 rings (SSSR count). The molecule has 0 saturated carbocycles. The highest BCUT2D eigenvalue weighted by Gasteiger charge is 2.08. The summed E-state index contributed by atoms with van der Waals surface area (Å²) in [6.07, 6.45) is 0. The van der Waals surface area contributed by atoms with Crippen LogP contribution in [0, 0.1) is 20.8 Å². The topological polar surface area (TPSA) is 38.1 Å². The molecule has 0 radical (unpaired) electrons. The number of hydrogen-bond donors (Lipinski definition) is 1. The standard InChI is InChI=1S/C18H20N2O/c1-11-5-6-15(9-12(11)2)13(3)19-16-7-8-18-17(10-16)20-14(4)21-18/h5-10,13,19H,1-4H3. The van der Waals surface area contributed by atoms with Crippen molar-refractivity contribution in [2.75, 3.05) is 5.32 Å². The molecule has 0 saturated heterocycles. The monoisotopic (exact) mass is 280 g/mol. The molecule has 21 heavy (non-hydrogen) atoms. The van der Waals surface area contributed by atoms with Crippen LogP contribution in [0.25, 0.3) is 11.1 Å². The van der Waals surface area contributed by atoms with Crippen molar-refractivity contribution in [2.24, 2.45) is 0 Å². The summed E-state index contributed by atoms with van der Waals surface area (Å²) in [5, 5.41) is 3.52. The predicted molar refractivity (Wildman–Crippen MR) is 86.7 cm³/mol. The summed E-state index contributed by atoms with van der Waals surface area (Å²) in [5.74, 6) is 0.698. The second kappa shape index (κ2) is 5.24. The molecular formula is C18H20N2O. The van der Waals surface area contributed by atoms with Crippen molar-refractivity contribution >= 4 is 16.8 Å². The molecule has 1 aromatic heterocycles. The molecule has 0 amide bonds. The van der Waals surface area contributed by atoms with E-state index in [2.05, 4.69) is 49.3 Å². The van der Waals surface area contributed by atoms with E-state index in [0.717, 1.165) is 16.8 Å². The van der Waals surface area contributed by atoms with Crippen LogP contribution in [0.4, 0.5) is 5.69 Å². The van der Waals surface area contributed by atoms with Crippen molar-refractivity contribution in [1.82, 2.24) is 4.98 Å². The maximum absolute atomic E-state index is 5.50. The fraction of sp³-hybridized carbons (Fsp3) is 0.278. The maximum atomic E-state index is 5.50. The van der Waals surface area contributed by atoms with Crippen LogP contribution in [0.2, 0.25) is 0 Å². The molecule has 1 N–H and O–H groups in total. The Morgan fingerprint density at radius 1 is 1.00 bits per heavy atom. The van der Waals surface area contributed by atoms with Gasteiger partial charge >= 0.3 is 0 Å². The van der Waals surface area contributed by atoms with Crippen molar-refractivity contribution in [3.63, 3.8) is 0 Å². The largest absolute Gasteiger partial charge is 0.441 e. The summed E-state index contributed by atoms with van der Waals surface area (Å²) >= 11 is 0. The number of aryl methyl sites for hydroxylation is 3. The van der Waals surface area contributed by atoms with Crippen LogP contribution in [0.5, 0.6) is 0 Å². The molecule has 0 spiro atoms.